The summed E-state index contributed by atoms with van der Waals surface area (Å²) in [5.74, 6) is 0.761. The molecule has 0 aliphatic carbocycles. The van der Waals surface area contributed by atoms with Crippen molar-refractivity contribution in [2.24, 2.45) is 0 Å². The zero-order valence-corrected chi connectivity index (χ0v) is 12.9. The fourth-order valence-electron chi connectivity index (χ4n) is 1.44. The second-order valence-electron chi connectivity index (χ2n) is 5.04. The van der Waals surface area contributed by atoms with Crippen molar-refractivity contribution >= 4 is 15.9 Å². The van der Waals surface area contributed by atoms with E-state index < -0.39 is 5.60 Å². The van der Waals surface area contributed by atoms with Crippen LogP contribution >= 0.6 is 15.9 Å². The summed E-state index contributed by atoms with van der Waals surface area (Å²) in [5, 5.41) is 13.0. The van der Waals surface area contributed by atoms with Gasteiger partial charge in [0, 0.05) is 6.54 Å². The topological polar surface area (TPSA) is 41.5 Å². The van der Waals surface area contributed by atoms with Crippen LogP contribution in [0.4, 0.5) is 0 Å². The maximum atomic E-state index is 9.62. The molecule has 1 aromatic carbocycles. The zero-order chi connectivity index (χ0) is 13.6. The predicted octanol–water partition coefficient (Wildman–Crippen LogP) is 3.10. The first-order valence-corrected chi connectivity index (χ1v) is 7.06. The first-order chi connectivity index (χ1) is 8.42. The minimum atomic E-state index is -0.819. The molecule has 1 rings (SSSR count). The lowest BCUT2D eigenvalue weighted by Gasteiger charge is -2.18. The molecule has 0 heterocycles. The molecular weight excluding hydrogens is 294 g/mol. The summed E-state index contributed by atoms with van der Waals surface area (Å²) in [4.78, 5) is 0. The third-order valence-corrected chi connectivity index (χ3v) is 2.95. The van der Waals surface area contributed by atoms with Crippen LogP contribution in [0.1, 0.15) is 32.8 Å². The summed E-state index contributed by atoms with van der Waals surface area (Å²) in [5.41, 5.74) is 0.395. The average molecular weight is 316 g/mol. The van der Waals surface area contributed by atoms with Gasteiger partial charge in [0.1, 0.15) is 12.4 Å². The number of hydrogen-bond donors (Lipinski definition) is 2. The Balaban J connectivity index is 2.56. The van der Waals surface area contributed by atoms with E-state index in [2.05, 4.69) is 28.2 Å². The van der Waals surface area contributed by atoms with E-state index in [0.29, 0.717) is 0 Å². The maximum Gasteiger partial charge on any atom is 0.133 e. The minimum absolute atomic E-state index is 0.277. The molecule has 18 heavy (non-hydrogen) atoms. The lowest BCUT2D eigenvalue weighted by atomic mass is 10.1. The fraction of sp³-hybridized carbons (Fsp3) is 0.571. The smallest absolute Gasteiger partial charge is 0.133 e. The van der Waals surface area contributed by atoms with Gasteiger partial charge in [0.05, 0.1) is 10.1 Å². The molecule has 0 radical (unpaired) electrons. The highest BCUT2D eigenvalue weighted by Crippen LogP contribution is 2.26. The van der Waals surface area contributed by atoms with E-state index in [0.717, 1.165) is 29.7 Å². The van der Waals surface area contributed by atoms with Crippen molar-refractivity contribution in [3.63, 3.8) is 0 Å². The zero-order valence-electron chi connectivity index (χ0n) is 11.3. The number of aliphatic hydroxyl groups is 1. The Morgan fingerprint density at radius 3 is 2.67 bits per heavy atom. The third-order valence-electron chi connectivity index (χ3n) is 2.33. The van der Waals surface area contributed by atoms with Crippen LogP contribution in [0.25, 0.3) is 0 Å². The third kappa shape index (κ3) is 5.85. The first-order valence-electron chi connectivity index (χ1n) is 6.26. The maximum absolute atomic E-state index is 9.62. The van der Waals surface area contributed by atoms with Gasteiger partial charge in [-0.3, -0.25) is 0 Å². The van der Waals surface area contributed by atoms with Crippen LogP contribution in [0, 0.1) is 0 Å². The van der Waals surface area contributed by atoms with Gasteiger partial charge in [0.2, 0.25) is 0 Å². The molecule has 0 aliphatic rings. The molecule has 0 unspecified atom stereocenters. The second-order valence-corrected chi connectivity index (χ2v) is 5.90. The van der Waals surface area contributed by atoms with Gasteiger partial charge < -0.3 is 15.2 Å². The summed E-state index contributed by atoms with van der Waals surface area (Å²) in [6.07, 6.45) is 1.13. The van der Waals surface area contributed by atoms with Crippen LogP contribution in [0.15, 0.2) is 22.7 Å². The minimum Gasteiger partial charge on any atom is -0.489 e. The first kappa shape index (κ1) is 15.5. The van der Waals surface area contributed by atoms with E-state index in [-0.39, 0.29) is 6.61 Å². The molecule has 0 saturated carbocycles. The quantitative estimate of drug-likeness (QED) is 0.760. The largest absolute Gasteiger partial charge is 0.489 e. The molecule has 0 spiro atoms. The highest BCUT2D eigenvalue weighted by molar-refractivity contribution is 9.10. The fourth-order valence-corrected chi connectivity index (χ4v) is 1.98. The number of nitrogens with one attached hydrogen (secondary N) is 1. The predicted molar refractivity (Wildman–Crippen MR) is 77.9 cm³/mol. The molecule has 1 aromatic rings. The van der Waals surface area contributed by atoms with Crippen molar-refractivity contribution in [2.75, 3.05) is 13.2 Å². The monoisotopic (exact) mass is 315 g/mol. The lowest BCUT2D eigenvalue weighted by Crippen LogP contribution is -2.27. The molecule has 102 valence electrons. The van der Waals surface area contributed by atoms with Crippen LogP contribution < -0.4 is 10.1 Å². The number of ether oxygens (including phenoxy) is 1. The average Bonchev–Trinajstić information content (AvgIpc) is 2.27. The van der Waals surface area contributed by atoms with Crippen molar-refractivity contribution in [2.45, 2.75) is 39.3 Å². The molecular formula is C14H22BrNO2. The van der Waals surface area contributed by atoms with Crippen molar-refractivity contribution in [1.82, 2.24) is 5.32 Å². The Bertz CT molecular complexity index is 375. The Hall–Kier alpha value is -0.580. The van der Waals surface area contributed by atoms with E-state index >= 15 is 0 Å². The van der Waals surface area contributed by atoms with Gasteiger partial charge >= 0.3 is 0 Å². The van der Waals surface area contributed by atoms with Crippen molar-refractivity contribution < 1.29 is 9.84 Å². The standard InChI is InChI=1S/C14H22BrNO2/c1-4-7-16-9-11-5-6-13(12(15)8-11)18-10-14(2,3)17/h5-6,8,16-17H,4,7,9-10H2,1-3H3. The number of benzene rings is 1. The molecule has 0 saturated heterocycles. The van der Waals surface area contributed by atoms with Crippen molar-refractivity contribution in [3.05, 3.63) is 28.2 Å². The Kier molecular flexibility index (Phi) is 6.12. The molecule has 0 atom stereocenters. The molecule has 0 amide bonds. The molecule has 3 nitrogen and oxygen atoms in total. The van der Waals surface area contributed by atoms with Gasteiger partial charge in [-0.2, -0.15) is 0 Å². The van der Waals surface area contributed by atoms with Crippen LogP contribution in [-0.2, 0) is 6.54 Å². The van der Waals surface area contributed by atoms with Gasteiger partial charge in [-0.15, -0.1) is 0 Å². The van der Waals surface area contributed by atoms with Gasteiger partial charge in [-0.25, -0.2) is 0 Å². The van der Waals surface area contributed by atoms with Crippen molar-refractivity contribution in [3.8, 4) is 5.75 Å². The van der Waals surface area contributed by atoms with E-state index in [4.69, 9.17) is 4.74 Å². The van der Waals surface area contributed by atoms with Crippen LogP contribution in [0.5, 0.6) is 5.75 Å². The normalized spacial score (nSPS) is 11.6. The van der Waals surface area contributed by atoms with Crippen LogP contribution in [0.2, 0.25) is 0 Å². The van der Waals surface area contributed by atoms with E-state index in [1.807, 2.05) is 18.2 Å². The summed E-state index contributed by atoms with van der Waals surface area (Å²) >= 11 is 3.49. The van der Waals surface area contributed by atoms with Crippen LogP contribution in [0.3, 0.4) is 0 Å². The summed E-state index contributed by atoms with van der Waals surface area (Å²) < 4.78 is 6.48. The highest BCUT2D eigenvalue weighted by Gasteiger charge is 2.14. The van der Waals surface area contributed by atoms with E-state index in [1.165, 1.54) is 5.56 Å². The van der Waals surface area contributed by atoms with E-state index in [9.17, 15) is 5.11 Å². The number of rotatable bonds is 7. The Morgan fingerprint density at radius 1 is 1.39 bits per heavy atom. The Labute approximate surface area is 118 Å². The van der Waals surface area contributed by atoms with Gasteiger partial charge in [0.15, 0.2) is 0 Å². The summed E-state index contributed by atoms with van der Waals surface area (Å²) in [6, 6.07) is 6.01. The Morgan fingerprint density at radius 2 is 2.11 bits per heavy atom. The van der Waals surface area contributed by atoms with Gasteiger partial charge in [-0.1, -0.05) is 13.0 Å². The molecule has 2 N–H and O–H groups in total. The summed E-state index contributed by atoms with van der Waals surface area (Å²) in [7, 11) is 0. The lowest BCUT2D eigenvalue weighted by molar-refractivity contribution is 0.0282. The number of halogens is 1. The summed E-state index contributed by atoms with van der Waals surface area (Å²) in [6.45, 7) is 7.76. The molecule has 0 bridgehead atoms. The molecule has 0 aromatic heterocycles. The van der Waals surface area contributed by atoms with E-state index in [1.54, 1.807) is 13.8 Å². The molecule has 0 fully saturated rings. The van der Waals surface area contributed by atoms with Gasteiger partial charge in [-0.05, 0) is 60.4 Å². The van der Waals surface area contributed by atoms with Crippen molar-refractivity contribution in [1.29, 1.82) is 0 Å². The molecule has 4 heteroatoms. The SMILES string of the molecule is CCCNCc1ccc(OCC(C)(C)O)c(Br)c1. The van der Waals surface area contributed by atoms with Gasteiger partial charge in [0.25, 0.3) is 0 Å². The second kappa shape index (κ2) is 7.12. The van der Waals surface area contributed by atoms with Crippen LogP contribution in [-0.4, -0.2) is 23.9 Å². The number of hydrogen-bond acceptors (Lipinski definition) is 3. The molecule has 0 aliphatic heterocycles. The highest BCUT2D eigenvalue weighted by atomic mass is 79.9.